The van der Waals surface area contributed by atoms with Crippen molar-refractivity contribution in [3.05, 3.63) is 47.9 Å². The zero-order chi connectivity index (χ0) is 14.2. The Balaban J connectivity index is 2.01. The van der Waals surface area contributed by atoms with Crippen molar-refractivity contribution in [2.75, 3.05) is 0 Å². The summed E-state index contributed by atoms with van der Waals surface area (Å²) >= 11 is 1.51. The summed E-state index contributed by atoms with van der Waals surface area (Å²) in [6.45, 7) is 0. The van der Waals surface area contributed by atoms with E-state index < -0.39 is 0 Å². The summed E-state index contributed by atoms with van der Waals surface area (Å²) in [5.41, 5.74) is 2.42. The molecule has 0 saturated heterocycles. The van der Waals surface area contributed by atoms with Crippen molar-refractivity contribution in [2.24, 2.45) is 0 Å². The van der Waals surface area contributed by atoms with Crippen LogP contribution in [0.3, 0.4) is 0 Å². The van der Waals surface area contributed by atoms with Crippen LogP contribution in [-0.2, 0) is 6.42 Å². The van der Waals surface area contributed by atoms with Crippen molar-refractivity contribution in [3.63, 3.8) is 0 Å². The molecule has 4 aromatic rings. The van der Waals surface area contributed by atoms with Gasteiger partial charge in [-0.2, -0.15) is 5.26 Å². The standard InChI is InChI=1S/C15H9N3O2S/c16-6-5-10-14(13-4-2-8-20-13)17-15-18(10)11(9-21-15)12-3-1-7-19-12/h1-4,7-9H,5H2. The fourth-order valence-corrected chi connectivity index (χ4v) is 3.26. The van der Waals surface area contributed by atoms with Crippen LogP contribution < -0.4 is 0 Å². The normalized spacial score (nSPS) is 11.0. The van der Waals surface area contributed by atoms with Gasteiger partial charge in [0.15, 0.2) is 16.5 Å². The van der Waals surface area contributed by atoms with Gasteiger partial charge in [-0.05, 0) is 24.3 Å². The third-order valence-corrected chi connectivity index (χ3v) is 4.06. The summed E-state index contributed by atoms with van der Waals surface area (Å²) < 4.78 is 12.9. The van der Waals surface area contributed by atoms with E-state index in [2.05, 4.69) is 11.1 Å². The van der Waals surface area contributed by atoms with E-state index in [0.717, 1.165) is 22.1 Å². The first kappa shape index (κ1) is 12.0. The molecule has 0 saturated carbocycles. The fraction of sp³-hybridized carbons (Fsp3) is 0.0667. The van der Waals surface area contributed by atoms with Gasteiger partial charge in [0.25, 0.3) is 0 Å². The van der Waals surface area contributed by atoms with Gasteiger partial charge in [-0.25, -0.2) is 4.98 Å². The highest BCUT2D eigenvalue weighted by Gasteiger charge is 2.20. The average Bonchev–Trinajstić information content (AvgIpc) is 3.25. The SMILES string of the molecule is N#CCc1c(-c2ccco2)nc2scc(-c3ccco3)n12. The molecule has 5 nitrogen and oxygen atoms in total. The van der Waals surface area contributed by atoms with Crippen LogP contribution in [0.1, 0.15) is 5.69 Å². The molecule has 0 unspecified atom stereocenters. The highest BCUT2D eigenvalue weighted by Crippen LogP contribution is 2.33. The van der Waals surface area contributed by atoms with Gasteiger partial charge in [-0.1, -0.05) is 0 Å². The highest BCUT2D eigenvalue weighted by atomic mass is 32.1. The lowest BCUT2D eigenvalue weighted by Crippen LogP contribution is -1.94. The molecular formula is C15H9N3O2S. The number of nitrogens with zero attached hydrogens (tertiary/aromatic N) is 3. The Hall–Kier alpha value is -2.78. The molecule has 0 bridgehead atoms. The zero-order valence-electron chi connectivity index (χ0n) is 10.8. The van der Waals surface area contributed by atoms with Gasteiger partial charge in [-0.3, -0.25) is 4.40 Å². The minimum absolute atomic E-state index is 0.252. The summed E-state index contributed by atoms with van der Waals surface area (Å²) in [6, 6.07) is 9.59. The number of hydrogen-bond acceptors (Lipinski definition) is 5. The fourth-order valence-electron chi connectivity index (χ4n) is 2.36. The van der Waals surface area contributed by atoms with Crippen LogP contribution in [0.4, 0.5) is 0 Å². The lowest BCUT2D eigenvalue weighted by atomic mass is 10.2. The Bertz CT molecular complexity index is 924. The molecule has 0 aliphatic heterocycles. The molecule has 102 valence electrons. The number of thiazole rings is 1. The van der Waals surface area contributed by atoms with Crippen LogP contribution in [0.15, 0.2) is 51.0 Å². The Morgan fingerprint density at radius 1 is 1.19 bits per heavy atom. The van der Waals surface area contributed by atoms with Crippen LogP contribution in [0.5, 0.6) is 0 Å². The number of aromatic nitrogens is 2. The predicted octanol–water partition coefficient (Wildman–Crippen LogP) is 3.98. The van der Waals surface area contributed by atoms with E-state index in [0.29, 0.717) is 11.5 Å². The molecule has 6 heteroatoms. The topological polar surface area (TPSA) is 67.4 Å². The summed E-state index contributed by atoms with van der Waals surface area (Å²) in [5, 5.41) is 11.1. The minimum Gasteiger partial charge on any atom is -0.463 e. The Morgan fingerprint density at radius 2 is 1.95 bits per heavy atom. The quantitative estimate of drug-likeness (QED) is 0.573. The van der Waals surface area contributed by atoms with Gasteiger partial charge in [0.2, 0.25) is 0 Å². The van der Waals surface area contributed by atoms with Crippen LogP contribution in [-0.4, -0.2) is 9.38 Å². The molecule has 0 aromatic carbocycles. The first-order valence-corrected chi connectivity index (χ1v) is 7.20. The third-order valence-electron chi connectivity index (χ3n) is 3.23. The van der Waals surface area contributed by atoms with Gasteiger partial charge in [0.1, 0.15) is 11.4 Å². The Kier molecular flexibility index (Phi) is 2.66. The molecule has 4 aromatic heterocycles. The molecule has 0 amide bonds. The van der Waals surface area contributed by atoms with E-state index in [1.807, 2.05) is 34.0 Å². The van der Waals surface area contributed by atoms with E-state index in [4.69, 9.17) is 14.1 Å². The number of nitriles is 1. The summed E-state index contributed by atoms with van der Waals surface area (Å²) in [5.74, 6) is 1.42. The maximum atomic E-state index is 9.14. The average molecular weight is 295 g/mol. The second-order valence-corrected chi connectivity index (χ2v) is 5.27. The second-order valence-electron chi connectivity index (χ2n) is 4.44. The minimum atomic E-state index is 0.252. The van der Waals surface area contributed by atoms with Crippen LogP contribution in [0.25, 0.3) is 27.9 Å². The lowest BCUT2D eigenvalue weighted by molar-refractivity contribution is 0.577. The number of imidazole rings is 1. The van der Waals surface area contributed by atoms with Gasteiger partial charge in [0.05, 0.1) is 30.7 Å². The van der Waals surface area contributed by atoms with Crippen molar-refractivity contribution >= 4 is 16.3 Å². The van der Waals surface area contributed by atoms with Crippen LogP contribution in [0.2, 0.25) is 0 Å². The first-order valence-electron chi connectivity index (χ1n) is 6.32. The molecule has 0 spiro atoms. The molecular weight excluding hydrogens is 286 g/mol. The number of furan rings is 2. The first-order chi connectivity index (χ1) is 10.4. The van der Waals surface area contributed by atoms with E-state index in [9.17, 15) is 0 Å². The Morgan fingerprint density at radius 3 is 2.62 bits per heavy atom. The van der Waals surface area contributed by atoms with Gasteiger partial charge in [-0.15, -0.1) is 11.3 Å². The summed E-state index contributed by atoms with van der Waals surface area (Å²) in [4.78, 5) is 5.42. The van der Waals surface area contributed by atoms with E-state index >= 15 is 0 Å². The molecule has 0 N–H and O–H groups in total. The molecule has 0 atom stereocenters. The van der Waals surface area contributed by atoms with Gasteiger partial charge >= 0.3 is 0 Å². The van der Waals surface area contributed by atoms with Gasteiger partial charge < -0.3 is 8.83 Å². The van der Waals surface area contributed by atoms with Crippen LogP contribution >= 0.6 is 11.3 Å². The monoisotopic (exact) mass is 295 g/mol. The zero-order valence-corrected chi connectivity index (χ0v) is 11.6. The van der Waals surface area contributed by atoms with E-state index in [1.54, 1.807) is 12.5 Å². The van der Waals surface area contributed by atoms with E-state index in [1.165, 1.54) is 11.3 Å². The van der Waals surface area contributed by atoms with Crippen molar-refractivity contribution < 1.29 is 8.83 Å². The third kappa shape index (κ3) is 1.79. The number of hydrogen-bond donors (Lipinski definition) is 0. The summed E-state index contributed by atoms with van der Waals surface area (Å²) in [6.07, 6.45) is 3.49. The number of rotatable bonds is 3. The summed E-state index contributed by atoms with van der Waals surface area (Å²) in [7, 11) is 0. The highest BCUT2D eigenvalue weighted by molar-refractivity contribution is 7.15. The van der Waals surface area contributed by atoms with Crippen molar-refractivity contribution in [2.45, 2.75) is 6.42 Å². The van der Waals surface area contributed by atoms with E-state index in [-0.39, 0.29) is 6.42 Å². The Labute approximate surface area is 123 Å². The van der Waals surface area contributed by atoms with Crippen molar-refractivity contribution in [3.8, 4) is 29.0 Å². The van der Waals surface area contributed by atoms with Crippen LogP contribution in [0, 0.1) is 11.3 Å². The molecule has 4 rings (SSSR count). The molecule has 0 aliphatic rings. The molecule has 0 aliphatic carbocycles. The maximum absolute atomic E-state index is 9.14. The molecule has 21 heavy (non-hydrogen) atoms. The largest absolute Gasteiger partial charge is 0.463 e. The molecule has 0 fully saturated rings. The van der Waals surface area contributed by atoms with Crippen molar-refractivity contribution in [1.29, 1.82) is 5.26 Å². The predicted molar refractivity (Wildman–Crippen MR) is 77.8 cm³/mol. The smallest absolute Gasteiger partial charge is 0.195 e. The second kappa shape index (κ2) is 4.65. The lowest BCUT2D eigenvalue weighted by Gasteiger charge is -2.00. The number of fused-ring (bicyclic) bond motifs is 1. The molecule has 4 heterocycles. The maximum Gasteiger partial charge on any atom is 0.195 e. The van der Waals surface area contributed by atoms with Crippen molar-refractivity contribution in [1.82, 2.24) is 9.38 Å². The van der Waals surface area contributed by atoms with Gasteiger partial charge in [0, 0.05) is 5.38 Å². The molecule has 0 radical (unpaired) electrons.